The van der Waals surface area contributed by atoms with E-state index in [2.05, 4.69) is 16.5 Å². The molecule has 2 aromatic rings. The summed E-state index contributed by atoms with van der Waals surface area (Å²) in [6.45, 7) is 5.80. The second kappa shape index (κ2) is 10.5. The van der Waals surface area contributed by atoms with Gasteiger partial charge in [0.2, 0.25) is 17.7 Å². The van der Waals surface area contributed by atoms with Gasteiger partial charge < -0.3 is 15.1 Å². The molecular weight excluding hydrogens is 432 g/mol. The van der Waals surface area contributed by atoms with Gasteiger partial charge in [0.25, 0.3) is 0 Å². The smallest absolute Gasteiger partial charge is 0.243 e. The van der Waals surface area contributed by atoms with Crippen LogP contribution in [0.5, 0.6) is 0 Å². The highest BCUT2D eigenvalue weighted by atomic mass is 16.2. The number of nitrogens with zero attached hydrogens (tertiary/aromatic N) is 5. The maximum Gasteiger partial charge on any atom is 0.243 e. The summed E-state index contributed by atoms with van der Waals surface area (Å²) in [5.41, 5.74) is 2.45. The first-order valence-corrected chi connectivity index (χ1v) is 11.4. The third-order valence-corrected chi connectivity index (χ3v) is 6.31. The van der Waals surface area contributed by atoms with Crippen molar-refractivity contribution >= 4 is 23.4 Å². The van der Waals surface area contributed by atoms with Crippen molar-refractivity contribution in [2.24, 2.45) is 18.9 Å². The number of hydrogen-bond donors (Lipinski definition) is 1. The van der Waals surface area contributed by atoms with E-state index in [4.69, 9.17) is 0 Å². The van der Waals surface area contributed by atoms with Crippen molar-refractivity contribution in [3.05, 3.63) is 47.8 Å². The van der Waals surface area contributed by atoms with Crippen molar-refractivity contribution < 1.29 is 14.4 Å². The summed E-state index contributed by atoms with van der Waals surface area (Å²) in [6, 6.07) is 8.89. The predicted molar refractivity (Wildman–Crippen MR) is 127 cm³/mol. The Morgan fingerprint density at radius 2 is 2.00 bits per heavy atom. The maximum atomic E-state index is 13.2. The Morgan fingerprint density at radius 1 is 1.29 bits per heavy atom. The molecule has 1 aliphatic heterocycles. The van der Waals surface area contributed by atoms with E-state index in [1.54, 1.807) is 25.0 Å². The summed E-state index contributed by atoms with van der Waals surface area (Å²) in [6.07, 6.45) is 3.74. The van der Waals surface area contributed by atoms with Crippen LogP contribution in [0.1, 0.15) is 37.3 Å². The van der Waals surface area contributed by atoms with Gasteiger partial charge in [-0.1, -0.05) is 32.0 Å². The molecule has 1 saturated heterocycles. The van der Waals surface area contributed by atoms with Crippen LogP contribution in [0.15, 0.2) is 36.7 Å². The molecule has 2 heterocycles. The summed E-state index contributed by atoms with van der Waals surface area (Å²) < 4.78 is 1.65. The molecule has 9 heteroatoms. The first-order chi connectivity index (χ1) is 16.1. The normalized spacial score (nSPS) is 18.4. The van der Waals surface area contributed by atoms with Crippen LogP contribution in [0.25, 0.3) is 0 Å². The molecule has 1 fully saturated rings. The maximum absolute atomic E-state index is 13.2. The molecule has 1 N–H and O–H groups in total. The molecule has 1 aliphatic rings. The van der Waals surface area contributed by atoms with Crippen LogP contribution >= 0.6 is 0 Å². The topological polar surface area (TPSA) is 111 Å². The minimum atomic E-state index is -0.706. The van der Waals surface area contributed by atoms with Crippen LogP contribution in [0.3, 0.4) is 0 Å². The average molecular weight is 465 g/mol. The lowest BCUT2D eigenvalue weighted by atomic mass is 9.89. The van der Waals surface area contributed by atoms with Crippen molar-refractivity contribution in [3.63, 3.8) is 0 Å². The van der Waals surface area contributed by atoms with Crippen molar-refractivity contribution in [1.82, 2.24) is 19.6 Å². The van der Waals surface area contributed by atoms with E-state index >= 15 is 0 Å². The van der Waals surface area contributed by atoms with Crippen LogP contribution in [0.2, 0.25) is 0 Å². The Kier molecular flexibility index (Phi) is 7.72. The van der Waals surface area contributed by atoms with Gasteiger partial charge in [-0.25, -0.2) is 0 Å². The zero-order valence-corrected chi connectivity index (χ0v) is 20.4. The van der Waals surface area contributed by atoms with E-state index in [0.29, 0.717) is 5.69 Å². The quantitative estimate of drug-likeness (QED) is 0.676. The van der Waals surface area contributed by atoms with Gasteiger partial charge in [0.1, 0.15) is 6.04 Å². The van der Waals surface area contributed by atoms with Gasteiger partial charge in [-0.3, -0.25) is 19.1 Å². The Balaban J connectivity index is 1.66. The van der Waals surface area contributed by atoms with Crippen LogP contribution in [0.4, 0.5) is 5.69 Å². The molecule has 0 spiro atoms. The summed E-state index contributed by atoms with van der Waals surface area (Å²) in [5.74, 6) is -1.65. The van der Waals surface area contributed by atoms with E-state index < -0.39 is 17.9 Å². The van der Waals surface area contributed by atoms with Crippen molar-refractivity contribution in [3.8, 4) is 6.07 Å². The number of amides is 3. The highest BCUT2D eigenvalue weighted by Gasteiger charge is 2.40. The zero-order valence-electron chi connectivity index (χ0n) is 20.4. The lowest BCUT2D eigenvalue weighted by molar-refractivity contribution is -0.141. The molecule has 1 aromatic carbocycles. The highest BCUT2D eigenvalue weighted by molar-refractivity contribution is 5.95. The third kappa shape index (κ3) is 5.45. The number of para-hydroxylation sites is 1. The number of carbonyl (C=O) groups is 3. The van der Waals surface area contributed by atoms with Crippen LogP contribution in [-0.4, -0.2) is 63.5 Å². The van der Waals surface area contributed by atoms with Gasteiger partial charge in [-0.2, -0.15) is 10.4 Å². The van der Waals surface area contributed by atoms with Crippen LogP contribution < -0.4 is 5.32 Å². The first-order valence-electron chi connectivity index (χ1n) is 11.4. The van der Waals surface area contributed by atoms with Crippen molar-refractivity contribution in [2.75, 3.05) is 25.5 Å². The molecule has 3 atom stereocenters. The average Bonchev–Trinajstić information content (AvgIpc) is 3.41. The molecule has 0 saturated carbocycles. The molecule has 34 heavy (non-hydrogen) atoms. The molecule has 0 aliphatic carbocycles. The number of aryl methyl sites for hydroxylation is 2. The summed E-state index contributed by atoms with van der Waals surface area (Å²) >= 11 is 0. The second-order valence-electron chi connectivity index (χ2n) is 9.29. The Labute approximate surface area is 200 Å². The summed E-state index contributed by atoms with van der Waals surface area (Å²) in [7, 11) is 3.38. The first kappa shape index (κ1) is 25.0. The van der Waals surface area contributed by atoms with Gasteiger partial charge >= 0.3 is 0 Å². The number of rotatable bonds is 7. The predicted octanol–water partition coefficient (Wildman–Crippen LogP) is 2.31. The Hall–Kier alpha value is -3.67. The molecule has 0 radical (unpaired) electrons. The fourth-order valence-electron chi connectivity index (χ4n) is 4.39. The molecule has 3 amide bonds. The summed E-state index contributed by atoms with van der Waals surface area (Å²) in [5, 5.41) is 16.7. The number of hydrogen-bond acceptors (Lipinski definition) is 5. The van der Waals surface area contributed by atoms with Gasteiger partial charge in [0, 0.05) is 38.1 Å². The number of benzene rings is 1. The lowest BCUT2D eigenvalue weighted by Crippen LogP contribution is -2.45. The lowest BCUT2D eigenvalue weighted by Gasteiger charge is -2.28. The van der Waals surface area contributed by atoms with E-state index in [1.165, 1.54) is 9.80 Å². The Bertz CT molecular complexity index is 1100. The monoisotopic (exact) mass is 464 g/mol. The fraction of sp³-hybridized carbons (Fsp3) is 0.480. The molecule has 3 unspecified atom stereocenters. The molecule has 9 nitrogen and oxygen atoms in total. The number of anilines is 1. The number of nitriles is 1. The number of nitrogens with one attached hydrogen (secondary N) is 1. The third-order valence-electron chi connectivity index (χ3n) is 6.31. The van der Waals surface area contributed by atoms with Crippen molar-refractivity contribution in [1.29, 1.82) is 5.26 Å². The summed E-state index contributed by atoms with van der Waals surface area (Å²) in [4.78, 5) is 41.9. The number of likely N-dealkylation sites (tertiary alicyclic amines) is 1. The number of carbonyl (C=O) groups excluding carboxylic acids is 3. The SMILES string of the molecule is Cc1ccccc1NC(=O)C1CC(C#N)N(C(=O)CN(C)C(=O)C(c2cnn(C)c2)C(C)C)C1. The molecule has 1 aromatic heterocycles. The minimum absolute atomic E-state index is 0.0161. The number of likely N-dealkylation sites (N-methyl/N-ethyl adjacent to an activating group) is 1. The van der Waals surface area contributed by atoms with Crippen LogP contribution in [0, 0.1) is 30.1 Å². The Morgan fingerprint density at radius 3 is 2.59 bits per heavy atom. The van der Waals surface area contributed by atoms with E-state index in [-0.39, 0.29) is 43.1 Å². The van der Waals surface area contributed by atoms with Gasteiger partial charge in [-0.05, 0) is 30.9 Å². The fourth-order valence-corrected chi connectivity index (χ4v) is 4.39. The van der Waals surface area contributed by atoms with E-state index in [1.807, 2.05) is 51.2 Å². The minimum Gasteiger partial charge on any atom is -0.336 e. The van der Waals surface area contributed by atoms with Crippen LogP contribution in [-0.2, 0) is 21.4 Å². The number of aromatic nitrogens is 2. The zero-order chi connectivity index (χ0) is 25.0. The second-order valence-corrected chi connectivity index (χ2v) is 9.29. The van der Waals surface area contributed by atoms with Gasteiger partial charge in [0.15, 0.2) is 0 Å². The van der Waals surface area contributed by atoms with E-state index in [9.17, 15) is 19.6 Å². The van der Waals surface area contributed by atoms with E-state index in [0.717, 1.165) is 11.1 Å². The highest BCUT2D eigenvalue weighted by Crippen LogP contribution is 2.28. The van der Waals surface area contributed by atoms with Gasteiger partial charge in [-0.15, -0.1) is 0 Å². The largest absolute Gasteiger partial charge is 0.336 e. The van der Waals surface area contributed by atoms with Gasteiger partial charge in [0.05, 0.1) is 30.6 Å². The molecule has 180 valence electrons. The standard InChI is InChI=1S/C25H32N6O3/c1-16(2)23(19-12-27-30(5)13-19)25(34)29(4)15-22(32)31-14-18(10-20(31)11-26)24(33)28-21-9-7-6-8-17(21)3/h6-9,12-13,16,18,20,23H,10,14-15H2,1-5H3,(H,28,33). The molecular formula is C25H32N6O3. The molecule has 0 bridgehead atoms. The van der Waals surface area contributed by atoms with Crippen molar-refractivity contribution in [2.45, 2.75) is 39.2 Å². The molecule has 3 rings (SSSR count).